The van der Waals surface area contributed by atoms with Crippen molar-refractivity contribution in [1.29, 1.82) is 0 Å². The van der Waals surface area contributed by atoms with Crippen molar-refractivity contribution in [2.24, 2.45) is 0 Å². The van der Waals surface area contributed by atoms with Crippen LogP contribution in [0.2, 0.25) is 0 Å². The molecule has 0 heterocycles. The summed E-state index contributed by atoms with van der Waals surface area (Å²) in [6.07, 6.45) is 0.760. The van der Waals surface area contributed by atoms with Gasteiger partial charge in [-0.05, 0) is 43.2 Å². The summed E-state index contributed by atoms with van der Waals surface area (Å²) in [5.74, 6) is 0.642. The summed E-state index contributed by atoms with van der Waals surface area (Å²) in [6.45, 7) is 1.94. The molecule has 0 aliphatic rings. The molecule has 0 aliphatic carbocycles. The number of ether oxygens (including phenoxy) is 2. The summed E-state index contributed by atoms with van der Waals surface area (Å²) in [5.41, 5.74) is 7.33. The molecule has 6 nitrogen and oxygen atoms in total. The number of hydrogen-bond donors (Lipinski definition) is 2. The van der Waals surface area contributed by atoms with Crippen LogP contribution in [0, 0.1) is 6.92 Å². The van der Waals surface area contributed by atoms with E-state index >= 15 is 0 Å². The molecule has 0 spiro atoms. The summed E-state index contributed by atoms with van der Waals surface area (Å²) in [6, 6.07) is 12.6. The van der Waals surface area contributed by atoms with E-state index in [1.165, 1.54) is 0 Å². The molecule has 0 saturated heterocycles. The first-order valence-corrected chi connectivity index (χ1v) is 7.90. The number of nitrogens with one attached hydrogen (secondary N) is 2. The fourth-order valence-electron chi connectivity index (χ4n) is 2.26. The third-order valence-electron chi connectivity index (χ3n) is 3.72. The molecule has 0 aliphatic heterocycles. The first kappa shape index (κ1) is 18.3. The summed E-state index contributed by atoms with van der Waals surface area (Å²) in [7, 11) is 3.14. The van der Waals surface area contributed by atoms with E-state index in [1.807, 2.05) is 31.2 Å². The normalized spacial score (nSPS) is 10.0. The zero-order valence-corrected chi connectivity index (χ0v) is 14.6. The largest absolute Gasteiger partial charge is 0.493 e. The molecule has 2 rings (SSSR count). The number of carbonyl (C=O) groups excluding carboxylic acids is 2. The zero-order chi connectivity index (χ0) is 18.2. The van der Waals surface area contributed by atoms with E-state index in [-0.39, 0.29) is 18.2 Å². The fraction of sp³-hybridized carbons (Fsp3) is 0.263. The molecule has 0 atom stereocenters. The highest BCUT2D eigenvalue weighted by molar-refractivity contribution is 5.95. The van der Waals surface area contributed by atoms with Gasteiger partial charge in [0.1, 0.15) is 0 Å². The second kappa shape index (κ2) is 8.73. The molecule has 2 aromatic rings. The Morgan fingerprint density at radius 1 is 0.920 bits per heavy atom. The van der Waals surface area contributed by atoms with Crippen molar-refractivity contribution in [2.75, 3.05) is 14.2 Å². The van der Waals surface area contributed by atoms with Gasteiger partial charge in [0.2, 0.25) is 5.91 Å². The van der Waals surface area contributed by atoms with Gasteiger partial charge in [-0.3, -0.25) is 20.4 Å². The summed E-state index contributed by atoms with van der Waals surface area (Å²) in [5, 5.41) is 0. The van der Waals surface area contributed by atoms with E-state index < -0.39 is 0 Å². The fourth-order valence-corrected chi connectivity index (χ4v) is 2.26. The van der Waals surface area contributed by atoms with Gasteiger partial charge in [0.25, 0.3) is 5.91 Å². The standard InChI is InChI=1S/C19H22N2O4/c1-13-4-8-15(9-5-13)19(23)21-20-18(22)11-7-14-6-10-16(24-2)17(12-14)25-3/h4-6,8-10,12H,7,11H2,1-3H3,(H,20,22)(H,21,23). The van der Waals surface area contributed by atoms with Gasteiger partial charge in [-0.15, -0.1) is 0 Å². The van der Waals surface area contributed by atoms with Gasteiger partial charge in [-0.25, -0.2) is 0 Å². The van der Waals surface area contributed by atoms with Gasteiger partial charge < -0.3 is 9.47 Å². The third-order valence-corrected chi connectivity index (χ3v) is 3.72. The van der Waals surface area contributed by atoms with E-state index in [0.29, 0.717) is 23.5 Å². The van der Waals surface area contributed by atoms with Crippen LogP contribution in [0.5, 0.6) is 11.5 Å². The SMILES string of the molecule is COc1ccc(CCC(=O)NNC(=O)c2ccc(C)cc2)cc1OC. The number of hydrogen-bond acceptors (Lipinski definition) is 4. The zero-order valence-electron chi connectivity index (χ0n) is 14.6. The molecule has 2 N–H and O–H groups in total. The van der Waals surface area contributed by atoms with Crippen LogP contribution in [0.3, 0.4) is 0 Å². The van der Waals surface area contributed by atoms with Crippen LogP contribution in [0.4, 0.5) is 0 Å². The maximum Gasteiger partial charge on any atom is 0.269 e. The smallest absolute Gasteiger partial charge is 0.269 e. The lowest BCUT2D eigenvalue weighted by molar-refractivity contribution is -0.121. The topological polar surface area (TPSA) is 76.7 Å². The van der Waals surface area contributed by atoms with E-state index in [4.69, 9.17) is 9.47 Å². The second-order valence-corrected chi connectivity index (χ2v) is 5.56. The van der Waals surface area contributed by atoms with Gasteiger partial charge in [0, 0.05) is 12.0 Å². The molecule has 0 aromatic heterocycles. The van der Waals surface area contributed by atoms with Crippen molar-refractivity contribution in [3.8, 4) is 11.5 Å². The van der Waals surface area contributed by atoms with Gasteiger partial charge >= 0.3 is 0 Å². The molecule has 6 heteroatoms. The molecule has 0 bridgehead atoms. The Morgan fingerprint density at radius 3 is 2.24 bits per heavy atom. The van der Waals surface area contributed by atoms with Crippen molar-refractivity contribution in [3.63, 3.8) is 0 Å². The lowest BCUT2D eigenvalue weighted by atomic mass is 10.1. The summed E-state index contributed by atoms with van der Waals surface area (Å²) >= 11 is 0. The van der Waals surface area contributed by atoms with Gasteiger partial charge in [-0.2, -0.15) is 0 Å². The van der Waals surface area contributed by atoms with E-state index in [0.717, 1.165) is 11.1 Å². The van der Waals surface area contributed by atoms with Crippen LogP contribution in [-0.4, -0.2) is 26.0 Å². The lowest BCUT2D eigenvalue weighted by Gasteiger charge is -2.10. The second-order valence-electron chi connectivity index (χ2n) is 5.56. The van der Waals surface area contributed by atoms with Crippen LogP contribution in [0.25, 0.3) is 0 Å². The van der Waals surface area contributed by atoms with Gasteiger partial charge in [0.15, 0.2) is 11.5 Å². The van der Waals surface area contributed by atoms with Crippen molar-refractivity contribution < 1.29 is 19.1 Å². The average molecular weight is 342 g/mol. The van der Waals surface area contributed by atoms with Crippen LogP contribution < -0.4 is 20.3 Å². The predicted octanol–water partition coefficient (Wildman–Crippen LogP) is 2.41. The van der Waals surface area contributed by atoms with Crippen molar-refractivity contribution in [2.45, 2.75) is 19.8 Å². The molecular formula is C19H22N2O4. The first-order valence-electron chi connectivity index (χ1n) is 7.90. The van der Waals surface area contributed by atoms with Crippen LogP contribution in [0.15, 0.2) is 42.5 Å². The van der Waals surface area contributed by atoms with Crippen molar-refractivity contribution in [1.82, 2.24) is 10.9 Å². The predicted molar refractivity (Wildman–Crippen MR) is 94.7 cm³/mol. The van der Waals surface area contributed by atoms with Crippen LogP contribution >= 0.6 is 0 Å². The van der Waals surface area contributed by atoms with Gasteiger partial charge in [0.05, 0.1) is 14.2 Å². The van der Waals surface area contributed by atoms with Crippen LogP contribution in [0.1, 0.15) is 27.9 Å². The number of amides is 2. The number of rotatable bonds is 6. The third kappa shape index (κ3) is 5.24. The average Bonchev–Trinajstić information content (AvgIpc) is 2.64. The molecule has 25 heavy (non-hydrogen) atoms. The number of carbonyl (C=O) groups is 2. The Kier molecular flexibility index (Phi) is 6.39. The molecule has 132 valence electrons. The number of hydrazine groups is 1. The van der Waals surface area contributed by atoms with Crippen molar-refractivity contribution >= 4 is 11.8 Å². The molecule has 0 radical (unpaired) electrons. The molecule has 0 unspecified atom stereocenters. The molecule has 2 amide bonds. The van der Waals surface area contributed by atoms with Gasteiger partial charge in [-0.1, -0.05) is 23.8 Å². The van der Waals surface area contributed by atoms with Crippen LogP contribution in [-0.2, 0) is 11.2 Å². The minimum Gasteiger partial charge on any atom is -0.493 e. The Morgan fingerprint density at radius 2 is 1.60 bits per heavy atom. The summed E-state index contributed by atoms with van der Waals surface area (Å²) in [4.78, 5) is 23.8. The first-order chi connectivity index (χ1) is 12.0. The minimum absolute atomic E-state index is 0.240. The molecule has 0 saturated carbocycles. The van der Waals surface area contributed by atoms with E-state index in [2.05, 4.69) is 10.9 Å². The monoisotopic (exact) mass is 342 g/mol. The quantitative estimate of drug-likeness (QED) is 0.791. The number of aryl methyl sites for hydroxylation is 2. The molecule has 0 fully saturated rings. The van der Waals surface area contributed by atoms with E-state index in [1.54, 1.807) is 32.4 Å². The Balaban J connectivity index is 1.82. The Bertz CT molecular complexity index is 742. The minimum atomic E-state index is -0.348. The highest BCUT2D eigenvalue weighted by Crippen LogP contribution is 2.27. The summed E-state index contributed by atoms with van der Waals surface area (Å²) < 4.78 is 10.4. The maximum absolute atomic E-state index is 11.9. The Labute approximate surface area is 147 Å². The lowest BCUT2D eigenvalue weighted by Crippen LogP contribution is -2.41. The highest BCUT2D eigenvalue weighted by atomic mass is 16.5. The number of benzene rings is 2. The Hall–Kier alpha value is -3.02. The molecule has 2 aromatic carbocycles. The van der Waals surface area contributed by atoms with Crippen molar-refractivity contribution in [3.05, 3.63) is 59.2 Å². The highest BCUT2D eigenvalue weighted by Gasteiger charge is 2.09. The van der Waals surface area contributed by atoms with E-state index in [9.17, 15) is 9.59 Å². The molecular weight excluding hydrogens is 320 g/mol. The number of methoxy groups -OCH3 is 2. The maximum atomic E-state index is 11.9.